The van der Waals surface area contributed by atoms with Gasteiger partial charge in [0.25, 0.3) is 0 Å². The van der Waals surface area contributed by atoms with Crippen molar-refractivity contribution in [1.29, 1.82) is 5.41 Å². The van der Waals surface area contributed by atoms with Crippen molar-refractivity contribution >= 4 is 51.1 Å². The van der Waals surface area contributed by atoms with Gasteiger partial charge in [-0.05, 0) is 37.3 Å². The van der Waals surface area contributed by atoms with E-state index in [1.54, 1.807) is 29.8 Å². The number of alkyl carbamates (subject to hydrolysis) is 1. The number of thiophene rings is 1. The first-order valence-electron chi connectivity index (χ1n) is 10.0. The van der Waals surface area contributed by atoms with Crippen LogP contribution in [-0.4, -0.2) is 42.5 Å². The first-order valence-corrected chi connectivity index (χ1v) is 10.8. The smallest absolute Gasteiger partial charge is 0.406 e. The van der Waals surface area contributed by atoms with Crippen LogP contribution in [0, 0.1) is 5.41 Å². The molecule has 0 radical (unpaired) electrons. The van der Waals surface area contributed by atoms with Gasteiger partial charge >= 0.3 is 6.09 Å². The van der Waals surface area contributed by atoms with E-state index >= 15 is 0 Å². The molecule has 0 saturated carbocycles. The number of carbonyl (C=O) groups is 1. The summed E-state index contributed by atoms with van der Waals surface area (Å²) >= 11 is 1.73. The van der Waals surface area contributed by atoms with Crippen LogP contribution >= 0.6 is 11.3 Å². The number of rotatable bonds is 7. The molecule has 162 valence electrons. The van der Waals surface area contributed by atoms with E-state index in [2.05, 4.69) is 25.3 Å². The Labute approximate surface area is 183 Å². The van der Waals surface area contributed by atoms with E-state index in [-0.39, 0.29) is 13.2 Å². The summed E-state index contributed by atoms with van der Waals surface area (Å²) in [5.41, 5.74) is 9.02. The topological polar surface area (TPSA) is 135 Å². The summed E-state index contributed by atoms with van der Waals surface area (Å²) in [4.78, 5) is 22.5. The van der Waals surface area contributed by atoms with Gasteiger partial charge in [0.05, 0.1) is 24.7 Å². The molecule has 1 aromatic carbocycles. The highest BCUT2D eigenvalue weighted by molar-refractivity contribution is 7.19. The summed E-state index contributed by atoms with van der Waals surface area (Å²) in [5, 5.41) is 14.6. The van der Waals surface area contributed by atoms with Crippen LogP contribution in [0.4, 0.5) is 22.0 Å². The Balaban J connectivity index is 1.65. The molecule has 0 unspecified atom stereocenters. The van der Waals surface area contributed by atoms with Gasteiger partial charge < -0.3 is 31.3 Å². The molecule has 31 heavy (non-hydrogen) atoms. The third kappa shape index (κ3) is 4.38. The van der Waals surface area contributed by atoms with Crippen LogP contribution in [0.15, 0.2) is 18.5 Å². The fraction of sp³-hybridized carbons (Fsp3) is 0.333. The Bertz CT molecular complexity index is 1130. The van der Waals surface area contributed by atoms with Crippen molar-refractivity contribution in [1.82, 2.24) is 15.3 Å². The molecule has 5 N–H and O–H groups in total. The predicted molar refractivity (Wildman–Crippen MR) is 122 cm³/mol. The highest BCUT2D eigenvalue weighted by atomic mass is 32.1. The van der Waals surface area contributed by atoms with Gasteiger partial charge in [0.1, 0.15) is 29.3 Å². The maximum Gasteiger partial charge on any atom is 0.406 e. The van der Waals surface area contributed by atoms with Crippen molar-refractivity contribution in [2.45, 2.75) is 25.7 Å². The molecule has 1 amide bonds. The second kappa shape index (κ2) is 9.17. The minimum atomic E-state index is -0.522. The fourth-order valence-corrected chi connectivity index (χ4v) is 4.88. The number of aromatic nitrogens is 2. The number of anilines is 3. The molecule has 10 heteroatoms. The quantitative estimate of drug-likeness (QED) is 0.250. The highest BCUT2D eigenvalue weighted by Gasteiger charge is 2.21. The van der Waals surface area contributed by atoms with Crippen LogP contribution in [0.1, 0.15) is 28.8 Å². The third-order valence-corrected chi connectivity index (χ3v) is 6.36. The molecule has 2 aromatic heterocycles. The molecule has 0 bridgehead atoms. The van der Waals surface area contributed by atoms with Gasteiger partial charge in [-0.15, -0.1) is 11.3 Å². The lowest BCUT2D eigenvalue weighted by molar-refractivity contribution is 0.168. The summed E-state index contributed by atoms with van der Waals surface area (Å²) in [7, 11) is 1.31. The van der Waals surface area contributed by atoms with E-state index in [0.717, 1.165) is 29.5 Å². The van der Waals surface area contributed by atoms with Gasteiger partial charge in [0.2, 0.25) is 0 Å². The predicted octanol–water partition coefficient (Wildman–Crippen LogP) is 3.63. The molecule has 9 nitrogen and oxygen atoms in total. The maximum atomic E-state index is 11.2. The SMILES string of the molecule is COC(=O)NCCOc1cc(N)c(C=N)cc1Nc1ncnc2sc3c(c12)CCCC3. The number of nitrogens with two attached hydrogens (primary N) is 1. The zero-order chi connectivity index (χ0) is 21.8. The Morgan fingerprint density at radius 3 is 2.97 bits per heavy atom. The highest BCUT2D eigenvalue weighted by Crippen LogP contribution is 2.40. The zero-order valence-corrected chi connectivity index (χ0v) is 18.0. The van der Waals surface area contributed by atoms with Crippen LogP contribution in [0.25, 0.3) is 10.2 Å². The monoisotopic (exact) mass is 440 g/mol. The number of carbonyl (C=O) groups excluding carboxylic acids is 1. The van der Waals surface area contributed by atoms with Gasteiger partial charge in [-0.1, -0.05) is 0 Å². The summed E-state index contributed by atoms with van der Waals surface area (Å²) < 4.78 is 10.4. The molecule has 0 atom stereocenters. The van der Waals surface area contributed by atoms with Gasteiger partial charge in [-0.3, -0.25) is 0 Å². The largest absolute Gasteiger partial charge is 0.489 e. The number of aryl methyl sites for hydroxylation is 2. The number of amides is 1. The number of nitrogens with zero attached hydrogens (tertiary/aromatic N) is 2. The Kier molecular flexibility index (Phi) is 6.17. The van der Waals surface area contributed by atoms with Crippen LogP contribution in [0.2, 0.25) is 0 Å². The van der Waals surface area contributed by atoms with E-state index in [0.29, 0.717) is 28.5 Å². The van der Waals surface area contributed by atoms with Crippen LogP contribution in [0.5, 0.6) is 5.75 Å². The maximum absolute atomic E-state index is 11.2. The van der Waals surface area contributed by atoms with Gasteiger partial charge in [0.15, 0.2) is 0 Å². The summed E-state index contributed by atoms with van der Waals surface area (Å²) in [6, 6.07) is 3.43. The first-order chi connectivity index (χ1) is 15.1. The van der Waals surface area contributed by atoms with Crippen molar-refractivity contribution < 1.29 is 14.3 Å². The fourth-order valence-electron chi connectivity index (χ4n) is 3.65. The van der Waals surface area contributed by atoms with Gasteiger partial charge in [0, 0.05) is 28.4 Å². The Morgan fingerprint density at radius 2 is 2.16 bits per heavy atom. The number of hydrogen-bond donors (Lipinski definition) is 4. The molecule has 1 aliphatic rings. The molecule has 1 aliphatic carbocycles. The lowest BCUT2D eigenvalue weighted by atomic mass is 9.97. The standard InChI is InChI=1S/C21H24N6O3S/c1-29-21(28)24-6-7-30-16-9-14(23)12(10-22)8-15(16)27-19-18-13-4-2-3-5-17(13)31-20(18)26-11-25-19/h8-11,22H,2-7,23H2,1H3,(H,24,28)(H,25,26,27). The van der Waals surface area contributed by atoms with Crippen LogP contribution in [-0.2, 0) is 17.6 Å². The normalized spacial score (nSPS) is 12.8. The second-order valence-electron chi connectivity index (χ2n) is 7.13. The van der Waals surface area contributed by atoms with Crippen molar-refractivity contribution in [3.8, 4) is 5.75 Å². The van der Waals surface area contributed by atoms with E-state index in [4.69, 9.17) is 15.9 Å². The van der Waals surface area contributed by atoms with Gasteiger partial charge in [-0.2, -0.15) is 0 Å². The Hall–Kier alpha value is -3.40. The average Bonchev–Trinajstić information content (AvgIpc) is 3.17. The van der Waals surface area contributed by atoms with E-state index < -0.39 is 6.09 Å². The van der Waals surface area contributed by atoms with Crippen LogP contribution in [0.3, 0.4) is 0 Å². The second-order valence-corrected chi connectivity index (χ2v) is 8.21. The Morgan fingerprint density at radius 1 is 1.32 bits per heavy atom. The number of nitrogens with one attached hydrogen (secondary N) is 3. The van der Waals surface area contributed by atoms with E-state index in [9.17, 15) is 4.79 Å². The average molecular weight is 441 g/mol. The van der Waals surface area contributed by atoms with Crippen molar-refractivity contribution in [2.75, 3.05) is 31.3 Å². The molecule has 0 fully saturated rings. The van der Waals surface area contributed by atoms with E-state index in [1.807, 2.05) is 0 Å². The van der Waals surface area contributed by atoms with Gasteiger partial charge in [-0.25, -0.2) is 14.8 Å². The molecule has 4 rings (SSSR count). The molecule has 2 heterocycles. The molecule has 0 spiro atoms. The number of benzene rings is 1. The number of methoxy groups -OCH3 is 1. The van der Waals surface area contributed by atoms with Crippen molar-refractivity contribution in [3.05, 3.63) is 34.5 Å². The number of hydrogen-bond acceptors (Lipinski definition) is 9. The lowest BCUT2D eigenvalue weighted by Crippen LogP contribution is -2.27. The number of nitrogen functional groups attached to an aromatic ring is 1. The number of fused-ring (bicyclic) bond motifs is 3. The first kappa shape index (κ1) is 20.9. The van der Waals surface area contributed by atoms with E-state index in [1.165, 1.54) is 30.2 Å². The zero-order valence-electron chi connectivity index (χ0n) is 17.2. The lowest BCUT2D eigenvalue weighted by Gasteiger charge is -2.17. The van der Waals surface area contributed by atoms with Crippen molar-refractivity contribution in [2.24, 2.45) is 0 Å². The molecule has 0 aliphatic heterocycles. The number of ether oxygens (including phenoxy) is 2. The molecule has 3 aromatic rings. The molecular weight excluding hydrogens is 416 g/mol. The minimum absolute atomic E-state index is 0.222. The molecule has 0 saturated heterocycles. The summed E-state index contributed by atoms with van der Waals surface area (Å²) in [5.74, 6) is 1.22. The van der Waals surface area contributed by atoms with Crippen LogP contribution < -0.4 is 21.1 Å². The third-order valence-electron chi connectivity index (χ3n) is 5.16. The molecular formula is C21H24N6O3S. The summed E-state index contributed by atoms with van der Waals surface area (Å²) in [6.07, 6.45) is 6.70. The van der Waals surface area contributed by atoms with Crippen molar-refractivity contribution in [3.63, 3.8) is 0 Å². The minimum Gasteiger partial charge on any atom is -0.489 e. The summed E-state index contributed by atoms with van der Waals surface area (Å²) in [6.45, 7) is 0.494.